The first-order valence-electron chi connectivity index (χ1n) is 11.5. The van der Waals surface area contributed by atoms with Gasteiger partial charge in [-0.05, 0) is 43.9 Å². The van der Waals surface area contributed by atoms with Crippen molar-refractivity contribution in [3.05, 3.63) is 63.7 Å². The third kappa shape index (κ3) is 7.81. The maximum Gasteiger partial charge on any atom is 0.339 e. The number of nitro benzene ring substituents is 1. The van der Waals surface area contributed by atoms with Gasteiger partial charge < -0.3 is 15.4 Å². The Balaban J connectivity index is 1.50. The van der Waals surface area contributed by atoms with Gasteiger partial charge in [0.1, 0.15) is 0 Å². The van der Waals surface area contributed by atoms with Crippen molar-refractivity contribution in [3.8, 4) is 0 Å². The Morgan fingerprint density at radius 3 is 2.54 bits per heavy atom. The number of nitrogens with zero attached hydrogens (tertiary/aromatic N) is 1. The average Bonchev–Trinajstić information content (AvgIpc) is 2.86. The third-order valence-corrected chi connectivity index (χ3v) is 6.96. The first-order chi connectivity index (χ1) is 16.8. The fourth-order valence-corrected chi connectivity index (χ4v) is 4.83. The second-order valence-corrected chi connectivity index (χ2v) is 9.44. The van der Waals surface area contributed by atoms with E-state index in [4.69, 9.17) is 4.74 Å². The van der Waals surface area contributed by atoms with Crippen LogP contribution in [0.1, 0.15) is 48.0 Å². The average molecular weight is 500 g/mol. The number of thioether (sulfide) groups is 1. The van der Waals surface area contributed by atoms with Crippen molar-refractivity contribution in [2.45, 2.75) is 43.9 Å². The van der Waals surface area contributed by atoms with Crippen LogP contribution in [0.15, 0.2) is 47.4 Å². The van der Waals surface area contributed by atoms with Gasteiger partial charge >= 0.3 is 5.97 Å². The Hall–Kier alpha value is -3.40. The molecule has 1 saturated carbocycles. The van der Waals surface area contributed by atoms with Crippen LogP contribution in [-0.2, 0) is 14.3 Å². The molecule has 10 heteroatoms. The van der Waals surface area contributed by atoms with Crippen molar-refractivity contribution < 1.29 is 24.0 Å². The molecular formula is C25H29N3O6S. The molecule has 0 atom stereocenters. The van der Waals surface area contributed by atoms with E-state index in [0.717, 1.165) is 12.8 Å². The molecular weight excluding hydrogens is 470 g/mol. The number of carbonyl (C=O) groups excluding carboxylic acids is 3. The molecule has 9 nitrogen and oxygen atoms in total. The Kier molecular flexibility index (Phi) is 9.66. The topological polar surface area (TPSA) is 128 Å². The van der Waals surface area contributed by atoms with Gasteiger partial charge in [-0.15, -0.1) is 11.8 Å². The Morgan fingerprint density at radius 1 is 1.06 bits per heavy atom. The van der Waals surface area contributed by atoms with E-state index in [1.807, 2.05) is 0 Å². The third-order valence-electron chi connectivity index (χ3n) is 5.89. The van der Waals surface area contributed by atoms with Gasteiger partial charge in [0, 0.05) is 17.5 Å². The summed E-state index contributed by atoms with van der Waals surface area (Å²) in [5.74, 6) is -0.688. The highest BCUT2D eigenvalue weighted by Crippen LogP contribution is 2.26. The van der Waals surface area contributed by atoms with Crippen molar-refractivity contribution in [1.82, 2.24) is 5.32 Å². The highest BCUT2D eigenvalue weighted by atomic mass is 32.2. The van der Waals surface area contributed by atoms with Gasteiger partial charge in [0.05, 0.1) is 27.5 Å². The minimum absolute atomic E-state index is 0.0875. The van der Waals surface area contributed by atoms with Crippen molar-refractivity contribution in [1.29, 1.82) is 0 Å². The summed E-state index contributed by atoms with van der Waals surface area (Å²) in [5.41, 5.74) is 0.724. The summed E-state index contributed by atoms with van der Waals surface area (Å²) >= 11 is 1.24. The van der Waals surface area contributed by atoms with Crippen molar-refractivity contribution in [2.75, 3.05) is 24.2 Å². The van der Waals surface area contributed by atoms with Crippen LogP contribution in [0.5, 0.6) is 0 Å². The molecule has 1 aliphatic carbocycles. The number of esters is 1. The van der Waals surface area contributed by atoms with E-state index in [2.05, 4.69) is 10.6 Å². The standard InChI is InChI=1S/C25H29N3O6S/c1-17-20(11-7-12-21(17)28(32)33)27-23(29)15-34-25(31)19-10-5-6-13-22(19)35-16-24(30)26-14-18-8-3-2-4-9-18/h5-7,10-13,18H,2-4,8-9,14-16H2,1H3,(H,26,30)(H,27,29). The predicted molar refractivity (Wildman–Crippen MR) is 133 cm³/mol. The number of anilines is 1. The number of carbonyl (C=O) groups is 3. The zero-order valence-corrected chi connectivity index (χ0v) is 20.4. The SMILES string of the molecule is Cc1c(NC(=O)COC(=O)c2ccccc2SCC(=O)NCC2CCCCC2)cccc1[N+](=O)[O-]. The number of hydrogen-bond acceptors (Lipinski definition) is 7. The number of benzene rings is 2. The number of amides is 2. The van der Waals surface area contributed by atoms with Crippen molar-refractivity contribution >= 4 is 40.9 Å². The van der Waals surface area contributed by atoms with Crippen LogP contribution in [0, 0.1) is 23.0 Å². The molecule has 0 radical (unpaired) electrons. The van der Waals surface area contributed by atoms with Gasteiger partial charge in [-0.25, -0.2) is 4.79 Å². The molecule has 0 unspecified atom stereocenters. The maximum absolute atomic E-state index is 12.6. The molecule has 2 aromatic carbocycles. The minimum Gasteiger partial charge on any atom is -0.452 e. The van der Waals surface area contributed by atoms with E-state index in [0.29, 0.717) is 22.9 Å². The van der Waals surface area contributed by atoms with E-state index >= 15 is 0 Å². The van der Waals surface area contributed by atoms with E-state index in [1.165, 1.54) is 56.1 Å². The number of nitro groups is 1. The van der Waals surface area contributed by atoms with E-state index in [1.54, 1.807) is 24.3 Å². The maximum atomic E-state index is 12.6. The zero-order valence-electron chi connectivity index (χ0n) is 19.6. The summed E-state index contributed by atoms with van der Waals surface area (Å²) in [7, 11) is 0. The van der Waals surface area contributed by atoms with Gasteiger partial charge in [-0.1, -0.05) is 37.5 Å². The second kappa shape index (κ2) is 12.9. The Labute approximate surface area is 208 Å². The van der Waals surface area contributed by atoms with Crippen LogP contribution >= 0.6 is 11.8 Å². The molecule has 0 aromatic heterocycles. The fraction of sp³-hybridized carbons (Fsp3) is 0.400. The number of nitrogens with one attached hydrogen (secondary N) is 2. The minimum atomic E-state index is -0.693. The first-order valence-corrected chi connectivity index (χ1v) is 12.5. The van der Waals surface area contributed by atoms with Crippen LogP contribution in [0.4, 0.5) is 11.4 Å². The Morgan fingerprint density at radius 2 is 1.80 bits per heavy atom. The van der Waals surface area contributed by atoms with Crippen molar-refractivity contribution in [3.63, 3.8) is 0 Å². The Bertz CT molecular complexity index is 1080. The van der Waals surface area contributed by atoms with Crippen LogP contribution in [0.3, 0.4) is 0 Å². The quantitative estimate of drug-likeness (QED) is 0.213. The highest BCUT2D eigenvalue weighted by molar-refractivity contribution is 8.00. The molecule has 0 saturated heterocycles. The largest absolute Gasteiger partial charge is 0.452 e. The van der Waals surface area contributed by atoms with E-state index in [9.17, 15) is 24.5 Å². The summed E-state index contributed by atoms with van der Waals surface area (Å²) in [6.07, 6.45) is 6.00. The predicted octanol–water partition coefficient (Wildman–Crippen LogP) is 4.49. The number of ether oxygens (including phenoxy) is 1. The molecule has 186 valence electrons. The number of rotatable bonds is 10. The second-order valence-electron chi connectivity index (χ2n) is 8.42. The smallest absolute Gasteiger partial charge is 0.339 e. The van der Waals surface area contributed by atoms with Gasteiger partial charge in [-0.2, -0.15) is 0 Å². The molecule has 0 bridgehead atoms. The summed E-state index contributed by atoms with van der Waals surface area (Å²) < 4.78 is 5.16. The lowest BCUT2D eigenvalue weighted by Crippen LogP contribution is -2.31. The van der Waals surface area contributed by atoms with Gasteiger partial charge in [0.2, 0.25) is 5.91 Å². The normalized spacial score (nSPS) is 13.6. The fourth-order valence-electron chi connectivity index (χ4n) is 3.96. The lowest BCUT2D eigenvalue weighted by molar-refractivity contribution is -0.385. The summed E-state index contributed by atoms with van der Waals surface area (Å²) in [6, 6.07) is 11.1. The highest BCUT2D eigenvalue weighted by Gasteiger charge is 2.19. The number of hydrogen-bond donors (Lipinski definition) is 2. The monoisotopic (exact) mass is 499 g/mol. The van der Waals surface area contributed by atoms with Crippen LogP contribution in [0.2, 0.25) is 0 Å². The van der Waals surface area contributed by atoms with E-state index in [-0.39, 0.29) is 28.6 Å². The van der Waals surface area contributed by atoms with Gasteiger partial charge in [-0.3, -0.25) is 19.7 Å². The molecule has 0 spiro atoms. The van der Waals surface area contributed by atoms with E-state index < -0.39 is 23.4 Å². The van der Waals surface area contributed by atoms with Crippen LogP contribution in [-0.4, -0.2) is 41.6 Å². The van der Waals surface area contributed by atoms with Crippen molar-refractivity contribution in [2.24, 2.45) is 5.92 Å². The molecule has 1 fully saturated rings. The van der Waals surface area contributed by atoms with Gasteiger partial charge in [0.15, 0.2) is 6.61 Å². The molecule has 0 aliphatic heterocycles. The lowest BCUT2D eigenvalue weighted by atomic mass is 9.89. The molecule has 3 rings (SSSR count). The molecule has 2 aromatic rings. The summed E-state index contributed by atoms with van der Waals surface area (Å²) in [4.78, 5) is 48.3. The van der Waals surface area contributed by atoms with Crippen LogP contribution < -0.4 is 10.6 Å². The lowest BCUT2D eigenvalue weighted by Gasteiger charge is -2.21. The molecule has 1 aliphatic rings. The van der Waals surface area contributed by atoms with Gasteiger partial charge in [0.25, 0.3) is 11.6 Å². The first kappa shape index (κ1) is 26.2. The van der Waals surface area contributed by atoms with Crippen LogP contribution in [0.25, 0.3) is 0 Å². The summed E-state index contributed by atoms with van der Waals surface area (Å²) in [5, 5.41) is 16.6. The molecule has 0 heterocycles. The molecule has 2 amide bonds. The zero-order chi connectivity index (χ0) is 25.2. The molecule has 35 heavy (non-hydrogen) atoms. The molecule has 2 N–H and O–H groups in total. The summed E-state index contributed by atoms with van der Waals surface area (Å²) in [6.45, 7) is 1.66.